The Morgan fingerprint density at radius 1 is 1.04 bits per heavy atom. The number of carbonyl (C=O) groups is 1. The molecule has 4 nitrogen and oxygen atoms in total. The van der Waals surface area contributed by atoms with E-state index in [1.807, 2.05) is 12.1 Å². The molecule has 4 rings (SSSR count). The van der Waals surface area contributed by atoms with Crippen molar-refractivity contribution in [1.82, 2.24) is 10.3 Å². The van der Waals surface area contributed by atoms with Gasteiger partial charge in [0.05, 0.1) is 5.52 Å². The molecular formula is C21H27N3O. The second-order valence-electron chi connectivity index (χ2n) is 7.55. The van der Waals surface area contributed by atoms with E-state index in [0.717, 1.165) is 50.1 Å². The molecule has 2 aromatic rings. The number of anilines is 1. The van der Waals surface area contributed by atoms with Crippen molar-refractivity contribution in [1.29, 1.82) is 0 Å². The molecule has 0 radical (unpaired) electrons. The van der Waals surface area contributed by atoms with E-state index >= 15 is 0 Å². The summed E-state index contributed by atoms with van der Waals surface area (Å²) >= 11 is 0. The van der Waals surface area contributed by atoms with Gasteiger partial charge in [0.1, 0.15) is 5.82 Å². The summed E-state index contributed by atoms with van der Waals surface area (Å²) in [5, 5.41) is 4.41. The fourth-order valence-electron chi connectivity index (χ4n) is 4.22. The summed E-state index contributed by atoms with van der Waals surface area (Å²) in [5.41, 5.74) is 1.05. The number of pyridine rings is 1. The van der Waals surface area contributed by atoms with Gasteiger partial charge in [0.15, 0.2) is 0 Å². The Hall–Kier alpha value is -2.10. The van der Waals surface area contributed by atoms with Crippen LogP contribution in [0.1, 0.15) is 44.9 Å². The molecule has 0 bridgehead atoms. The van der Waals surface area contributed by atoms with E-state index in [0.29, 0.717) is 18.4 Å². The van der Waals surface area contributed by atoms with Gasteiger partial charge in [-0.15, -0.1) is 0 Å². The number of carbonyl (C=O) groups excluding carboxylic acids is 1. The number of para-hydroxylation sites is 1. The van der Waals surface area contributed by atoms with Crippen LogP contribution in [-0.2, 0) is 4.79 Å². The molecule has 1 amide bonds. The summed E-state index contributed by atoms with van der Waals surface area (Å²) in [7, 11) is 0. The first-order valence-electron chi connectivity index (χ1n) is 9.68. The number of fused-ring (bicyclic) bond motifs is 1. The number of hydrogen-bond donors (Lipinski definition) is 1. The lowest BCUT2D eigenvalue weighted by atomic mass is 9.93. The Morgan fingerprint density at radius 3 is 2.60 bits per heavy atom. The molecule has 4 heteroatoms. The summed E-state index contributed by atoms with van der Waals surface area (Å²) < 4.78 is 0. The Kier molecular flexibility index (Phi) is 4.86. The van der Waals surface area contributed by atoms with Crippen molar-refractivity contribution < 1.29 is 4.79 Å². The topological polar surface area (TPSA) is 45.2 Å². The molecule has 1 aromatic heterocycles. The number of hydrogen-bond acceptors (Lipinski definition) is 3. The van der Waals surface area contributed by atoms with Gasteiger partial charge < -0.3 is 10.2 Å². The van der Waals surface area contributed by atoms with Crippen LogP contribution in [-0.4, -0.2) is 30.0 Å². The van der Waals surface area contributed by atoms with E-state index in [2.05, 4.69) is 34.5 Å². The minimum Gasteiger partial charge on any atom is -0.357 e. The van der Waals surface area contributed by atoms with Gasteiger partial charge in [-0.25, -0.2) is 4.98 Å². The average molecular weight is 337 g/mol. The molecule has 2 fully saturated rings. The average Bonchev–Trinajstić information content (AvgIpc) is 3.15. The standard InChI is InChI=1S/C21H27N3O/c25-21(22-18-6-2-3-7-18)15-16-11-13-24(14-12-16)20-10-9-17-5-1-4-8-19(17)23-20/h1,4-5,8-10,16,18H,2-3,6-7,11-15H2,(H,22,25). The van der Waals surface area contributed by atoms with Crippen LogP contribution >= 0.6 is 0 Å². The first-order valence-corrected chi connectivity index (χ1v) is 9.68. The highest BCUT2D eigenvalue weighted by Gasteiger charge is 2.24. The number of nitrogens with zero attached hydrogens (tertiary/aromatic N) is 2. The smallest absolute Gasteiger partial charge is 0.220 e. The molecule has 1 aliphatic heterocycles. The van der Waals surface area contributed by atoms with Gasteiger partial charge in [0, 0.05) is 30.9 Å². The number of benzene rings is 1. The van der Waals surface area contributed by atoms with E-state index in [4.69, 9.17) is 4.98 Å². The van der Waals surface area contributed by atoms with Gasteiger partial charge >= 0.3 is 0 Å². The molecule has 1 saturated carbocycles. The third-order valence-electron chi connectivity index (χ3n) is 5.72. The van der Waals surface area contributed by atoms with E-state index < -0.39 is 0 Å². The Morgan fingerprint density at radius 2 is 1.80 bits per heavy atom. The fraction of sp³-hybridized carbons (Fsp3) is 0.524. The van der Waals surface area contributed by atoms with Crippen molar-refractivity contribution >= 4 is 22.6 Å². The molecule has 0 unspecified atom stereocenters. The van der Waals surface area contributed by atoms with Gasteiger partial charge in [-0.3, -0.25) is 4.79 Å². The van der Waals surface area contributed by atoms with Gasteiger partial charge in [-0.05, 0) is 49.8 Å². The molecule has 2 heterocycles. The normalized spacial score (nSPS) is 19.4. The second-order valence-corrected chi connectivity index (χ2v) is 7.55. The zero-order valence-corrected chi connectivity index (χ0v) is 14.8. The van der Waals surface area contributed by atoms with Crippen LogP contribution in [0.4, 0.5) is 5.82 Å². The maximum atomic E-state index is 12.2. The second kappa shape index (κ2) is 7.42. The molecule has 0 atom stereocenters. The number of aromatic nitrogens is 1. The summed E-state index contributed by atoms with van der Waals surface area (Å²) in [6.07, 6.45) is 7.70. The lowest BCUT2D eigenvalue weighted by Crippen LogP contribution is -2.38. The van der Waals surface area contributed by atoms with E-state index in [1.165, 1.54) is 18.2 Å². The highest BCUT2D eigenvalue weighted by atomic mass is 16.1. The van der Waals surface area contributed by atoms with Crippen molar-refractivity contribution in [2.75, 3.05) is 18.0 Å². The third kappa shape index (κ3) is 3.94. The third-order valence-corrected chi connectivity index (χ3v) is 5.72. The predicted octanol–water partition coefficient (Wildman–Crippen LogP) is 3.90. The highest BCUT2D eigenvalue weighted by Crippen LogP contribution is 2.26. The zero-order chi connectivity index (χ0) is 17.1. The van der Waals surface area contributed by atoms with Crippen molar-refractivity contribution in [2.45, 2.75) is 51.0 Å². The predicted molar refractivity (Wildman–Crippen MR) is 102 cm³/mol. The SMILES string of the molecule is O=C(CC1CCN(c2ccc3ccccc3n2)CC1)NC1CCCC1. The molecule has 132 valence electrons. The Bertz CT molecular complexity index is 731. The molecule has 1 saturated heterocycles. The Labute approximate surface area is 149 Å². The zero-order valence-electron chi connectivity index (χ0n) is 14.8. The molecule has 2 aliphatic rings. The molecular weight excluding hydrogens is 310 g/mol. The van der Waals surface area contributed by atoms with Crippen molar-refractivity contribution in [3.05, 3.63) is 36.4 Å². The van der Waals surface area contributed by atoms with Crippen LogP contribution in [0, 0.1) is 5.92 Å². The lowest BCUT2D eigenvalue weighted by Gasteiger charge is -2.32. The van der Waals surface area contributed by atoms with E-state index in [1.54, 1.807) is 0 Å². The van der Waals surface area contributed by atoms with Gasteiger partial charge in [-0.2, -0.15) is 0 Å². The van der Waals surface area contributed by atoms with Crippen LogP contribution in [0.15, 0.2) is 36.4 Å². The van der Waals surface area contributed by atoms with Crippen LogP contribution in [0.25, 0.3) is 10.9 Å². The van der Waals surface area contributed by atoms with Gasteiger partial charge in [0.2, 0.25) is 5.91 Å². The number of amides is 1. The first kappa shape index (κ1) is 16.4. The maximum Gasteiger partial charge on any atom is 0.220 e. The van der Waals surface area contributed by atoms with Gasteiger partial charge in [-0.1, -0.05) is 31.0 Å². The monoisotopic (exact) mass is 337 g/mol. The molecule has 1 N–H and O–H groups in total. The lowest BCUT2D eigenvalue weighted by molar-refractivity contribution is -0.122. The first-order chi connectivity index (χ1) is 12.3. The van der Waals surface area contributed by atoms with Crippen LogP contribution < -0.4 is 10.2 Å². The molecule has 1 aliphatic carbocycles. The van der Waals surface area contributed by atoms with E-state index in [9.17, 15) is 4.79 Å². The van der Waals surface area contributed by atoms with Crippen LogP contribution in [0.3, 0.4) is 0 Å². The number of nitrogens with one attached hydrogen (secondary N) is 1. The van der Waals surface area contributed by atoms with Crippen LogP contribution in [0.5, 0.6) is 0 Å². The molecule has 1 aromatic carbocycles. The Balaban J connectivity index is 1.30. The summed E-state index contributed by atoms with van der Waals surface area (Å²) in [6.45, 7) is 1.99. The quantitative estimate of drug-likeness (QED) is 0.920. The number of piperidine rings is 1. The van der Waals surface area contributed by atoms with Gasteiger partial charge in [0.25, 0.3) is 0 Å². The molecule has 0 spiro atoms. The molecule has 25 heavy (non-hydrogen) atoms. The maximum absolute atomic E-state index is 12.2. The summed E-state index contributed by atoms with van der Waals surface area (Å²) in [6, 6.07) is 13.0. The number of rotatable bonds is 4. The summed E-state index contributed by atoms with van der Waals surface area (Å²) in [5.74, 6) is 1.83. The van der Waals surface area contributed by atoms with Crippen molar-refractivity contribution in [2.24, 2.45) is 5.92 Å². The largest absolute Gasteiger partial charge is 0.357 e. The van der Waals surface area contributed by atoms with Crippen molar-refractivity contribution in [3.63, 3.8) is 0 Å². The minimum atomic E-state index is 0.259. The van der Waals surface area contributed by atoms with Crippen LogP contribution in [0.2, 0.25) is 0 Å². The highest BCUT2D eigenvalue weighted by molar-refractivity contribution is 5.80. The van der Waals surface area contributed by atoms with Crippen molar-refractivity contribution in [3.8, 4) is 0 Å². The fourth-order valence-corrected chi connectivity index (χ4v) is 4.22. The summed E-state index contributed by atoms with van der Waals surface area (Å²) in [4.78, 5) is 19.4. The van der Waals surface area contributed by atoms with E-state index in [-0.39, 0.29) is 5.91 Å². The minimum absolute atomic E-state index is 0.259.